The smallest absolute Gasteiger partial charge is 0.0739 e. The summed E-state index contributed by atoms with van der Waals surface area (Å²) >= 11 is 3.62. The highest BCUT2D eigenvalue weighted by atomic mass is 79.9. The molecule has 0 aliphatic carbocycles. The summed E-state index contributed by atoms with van der Waals surface area (Å²) in [5.41, 5.74) is 4.74. The summed E-state index contributed by atoms with van der Waals surface area (Å²) in [4.78, 5) is 0. The van der Waals surface area contributed by atoms with Gasteiger partial charge in [0.05, 0.1) is 22.4 Å². The van der Waals surface area contributed by atoms with Gasteiger partial charge in [0.1, 0.15) is 0 Å². The molecule has 0 saturated heterocycles. The molecule has 108 valence electrons. The Morgan fingerprint density at radius 2 is 1.90 bits per heavy atom. The first-order valence-corrected chi connectivity index (χ1v) is 7.87. The second kappa shape index (κ2) is 6.44. The average Bonchev–Trinajstić information content (AvgIpc) is 2.72. The van der Waals surface area contributed by atoms with E-state index in [2.05, 4.69) is 71.4 Å². The first-order chi connectivity index (χ1) is 9.52. The van der Waals surface area contributed by atoms with Crippen LogP contribution in [-0.2, 0) is 13.1 Å². The van der Waals surface area contributed by atoms with Crippen molar-refractivity contribution in [2.45, 2.75) is 46.7 Å². The summed E-state index contributed by atoms with van der Waals surface area (Å²) in [7, 11) is 0. The van der Waals surface area contributed by atoms with Crippen LogP contribution in [0.2, 0.25) is 0 Å². The van der Waals surface area contributed by atoms with Gasteiger partial charge in [-0.25, -0.2) is 0 Å². The fourth-order valence-corrected chi connectivity index (χ4v) is 2.63. The summed E-state index contributed by atoms with van der Waals surface area (Å²) in [6, 6.07) is 8.65. The van der Waals surface area contributed by atoms with Crippen molar-refractivity contribution >= 4 is 21.6 Å². The maximum Gasteiger partial charge on any atom is 0.0739 e. The highest BCUT2D eigenvalue weighted by Crippen LogP contribution is 2.23. The van der Waals surface area contributed by atoms with Crippen LogP contribution < -0.4 is 5.32 Å². The third-order valence-electron chi connectivity index (χ3n) is 3.49. The Kier molecular flexibility index (Phi) is 4.86. The fourth-order valence-electron chi connectivity index (χ4n) is 2.21. The van der Waals surface area contributed by atoms with Gasteiger partial charge < -0.3 is 5.32 Å². The van der Waals surface area contributed by atoms with Gasteiger partial charge >= 0.3 is 0 Å². The van der Waals surface area contributed by atoms with E-state index in [1.807, 2.05) is 11.6 Å². The predicted molar refractivity (Wildman–Crippen MR) is 88.2 cm³/mol. The Bertz CT molecular complexity index is 570. The average molecular weight is 336 g/mol. The van der Waals surface area contributed by atoms with Crippen LogP contribution in [0.5, 0.6) is 0 Å². The van der Waals surface area contributed by atoms with E-state index in [1.165, 1.54) is 11.3 Å². The number of anilines is 1. The van der Waals surface area contributed by atoms with Gasteiger partial charge in [-0.15, -0.1) is 0 Å². The Morgan fingerprint density at radius 3 is 2.45 bits per heavy atom. The molecule has 1 heterocycles. The number of hydrogen-bond acceptors (Lipinski definition) is 2. The molecular weight excluding hydrogens is 314 g/mol. The Hall–Kier alpha value is -1.29. The van der Waals surface area contributed by atoms with Crippen LogP contribution in [0, 0.1) is 6.92 Å². The maximum absolute atomic E-state index is 4.51. The van der Waals surface area contributed by atoms with E-state index in [9.17, 15) is 0 Å². The topological polar surface area (TPSA) is 29.9 Å². The van der Waals surface area contributed by atoms with Gasteiger partial charge in [0.25, 0.3) is 0 Å². The molecule has 0 atom stereocenters. The lowest BCUT2D eigenvalue weighted by atomic mass is 10.0. The van der Waals surface area contributed by atoms with Gasteiger partial charge in [0, 0.05) is 12.2 Å². The molecule has 0 fully saturated rings. The number of halogens is 1. The first kappa shape index (κ1) is 15.1. The van der Waals surface area contributed by atoms with E-state index < -0.39 is 0 Å². The summed E-state index contributed by atoms with van der Waals surface area (Å²) in [6.07, 6.45) is 0. The number of aryl methyl sites for hydroxylation is 2. The van der Waals surface area contributed by atoms with Crippen LogP contribution in [0.4, 0.5) is 5.69 Å². The summed E-state index contributed by atoms with van der Waals surface area (Å²) < 4.78 is 3.14. The maximum atomic E-state index is 4.51. The lowest BCUT2D eigenvalue weighted by Crippen LogP contribution is -2.08. The second-order valence-corrected chi connectivity index (χ2v) is 6.09. The summed E-state index contributed by atoms with van der Waals surface area (Å²) in [5, 5.41) is 7.97. The van der Waals surface area contributed by atoms with Crippen LogP contribution in [0.15, 0.2) is 28.7 Å². The lowest BCUT2D eigenvalue weighted by molar-refractivity contribution is 0.622. The van der Waals surface area contributed by atoms with Crippen molar-refractivity contribution in [3.8, 4) is 0 Å². The van der Waals surface area contributed by atoms with E-state index in [0.717, 1.165) is 28.9 Å². The molecule has 4 heteroatoms. The van der Waals surface area contributed by atoms with E-state index in [0.29, 0.717) is 5.92 Å². The van der Waals surface area contributed by atoms with Crippen LogP contribution in [0.1, 0.15) is 43.6 Å². The molecule has 2 rings (SSSR count). The van der Waals surface area contributed by atoms with E-state index in [-0.39, 0.29) is 0 Å². The molecule has 2 aromatic rings. The number of rotatable bonds is 5. The zero-order valence-electron chi connectivity index (χ0n) is 12.6. The molecule has 0 spiro atoms. The van der Waals surface area contributed by atoms with E-state index in [1.54, 1.807) is 0 Å². The minimum absolute atomic E-state index is 0.572. The number of aromatic nitrogens is 2. The zero-order chi connectivity index (χ0) is 14.7. The summed E-state index contributed by atoms with van der Waals surface area (Å²) in [6.45, 7) is 10.2. The minimum Gasteiger partial charge on any atom is -0.379 e. The largest absolute Gasteiger partial charge is 0.379 e. The normalized spacial score (nSPS) is 11.1. The molecule has 0 radical (unpaired) electrons. The van der Waals surface area contributed by atoms with Crippen molar-refractivity contribution < 1.29 is 0 Å². The quantitative estimate of drug-likeness (QED) is 0.857. The van der Waals surface area contributed by atoms with E-state index >= 15 is 0 Å². The molecule has 1 N–H and O–H groups in total. The van der Waals surface area contributed by atoms with Gasteiger partial charge in [-0.3, -0.25) is 4.68 Å². The third kappa shape index (κ3) is 3.23. The van der Waals surface area contributed by atoms with Crippen molar-refractivity contribution in [2.75, 3.05) is 5.32 Å². The monoisotopic (exact) mass is 335 g/mol. The number of benzene rings is 1. The van der Waals surface area contributed by atoms with Crippen molar-refractivity contribution in [3.63, 3.8) is 0 Å². The SMILES string of the molecule is CCn1nc(C)c(Br)c1CNc1ccc(C(C)C)cc1. The fraction of sp³-hybridized carbons (Fsp3) is 0.438. The molecular formula is C16H22BrN3. The van der Waals surface area contributed by atoms with Gasteiger partial charge in [0.2, 0.25) is 0 Å². The van der Waals surface area contributed by atoms with Gasteiger partial charge in [-0.1, -0.05) is 26.0 Å². The summed E-state index contributed by atoms with van der Waals surface area (Å²) in [5.74, 6) is 0.572. The predicted octanol–water partition coefficient (Wildman–Crippen LogP) is 4.71. The van der Waals surface area contributed by atoms with Crippen molar-refractivity contribution in [3.05, 3.63) is 45.7 Å². The Morgan fingerprint density at radius 1 is 1.25 bits per heavy atom. The molecule has 1 aromatic heterocycles. The molecule has 0 amide bonds. The van der Waals surface area contributed by atoms with Crippen LogP contribution in [0.25, 0.3) is 0 Å². The van der Waals surface area contributed by atoms with Crippen LogP contribution in [0.3, 0.4) is 0 Å². The molecule has 0 bridgehead atoms. The Labute approximate surface area is 129 Å². The third-order valence-corrected chi connectivity index (χ3v) is 4.52. The highest BCUT2D eigenvalue weighted by Gasteiger charge is 2.11. The standard InChI is InChI=1S/C16H22BrN3/c1-5-20-15(16(17)12(4)19-20)10-18-14-8-6-13(7-9-14)11(2)3/h6-9,11,18H,5,10H2,1-4H3. The van der Waals surface area contributed by atoms with Crippen molar-refractivity contribution in [1.29, 1.82) is 0 Å². The molecule has 0 aliphatic rings. The molecule has 0 aliphatic heterocycles. The first-order valence-electron chi connectivity index (χ1n) is 7.08. The molecule has 0 saturated carbocycles. The van der Waals surface area contributed by atoms with Crippen LogP contribution >= 0.6 is 15.9 Å². The Balaban J connectivity index is 2.09. The number of hydrogen-bond donors (Lipinski definition) is 1. The minimum atomic E-state index is 0.572. The second-order valence-electron chi connectivity index (χ2n) is 5.29. The number of nitrogens with zero attached hydrogens (tertiary/aromatic N) is 2. The van der Waals surface area contributed by atoms with Crippen LogP contribution in [-0.4, -0.2) is 9.78 Å². The van der Waals surface area contributed by atoms with Gasteiger partial charge in [-0.2, -0.15) is 5.10 Å². The van der Waals surface area contributed by atoms with E-state index in [4.69, 9.17) is 0 Å². The molecule has 20 heavy (non-hydrogen) atoms. The highest BCUT2D eigenvalue weighted by molar-refractivity contribution is 9.10. The molecule has 1 aromatic carbocycles. The van der Waals surface area contributed by atoms with Crippen molar-refractivity contribution in [1.82, 2.24) is 9.78 Å². The van der Waals surface area contributed by atoms with Gasteiger partial charge in [0.15, 0.2) is 0 Å². The molecule has 3 nitrogen and oxygen atoms in total. The van der Waals surface area contributed by atoms with Gasteiger partial charge in [-0.05, 0) is 53.4 Å². The lowest BCUT2D eigenvalue weighted by Gasteiger charge is -2.10. The van der Waals surface area contributed by atoms with Crippen molar-refractivity contribution in [2.24, 2.45) is 0 Å². The number of nitrogens with one attached hydrogen (secondary N) is 1. The molecule has 0 unspecified atom stereocenters. The zero-order valence-corrected chi connectivity index (χ0v) is 14.2.